The van der Waals surface area contributed by atoms with Gasteiger partial charge in [-0.15, -0.1) is 0 Å². The molecule has 0 bridgehead atoms. The number of hydrogen-bond acceptors (Lipinski definition) is 3. The second kappa shape index (κ2) is 7.77. The first-order valence-corrected chi connectivity index (χ1v) is 8.77. The molecule has 3 rings (SSSR count). The van der Waals surface area contributed by atoms with E-state index in [9.17, 15) is 4.79 Å². The van der Waals surface area contributed by atoms with Crippen molar-refractivity contribution < 1.29 is 0 Å². The van der Waals surface area contributed by atoms with E-state index < -0.39 is 0 Å². The normalized spacial score (nSPS) is 22.0. The predicted molar refractivity (Wildman–Crippen MR) is 97.9 cm³/mol. The summed E-state index contributed by atoms with van der Waals surface area (Å²) in [4.78, 5) is 19.1. The third-order valence-corrected chi connectivity index (χ3v) is 5.11. The Labute approximate surface area is 144 Å². The van der Waals surface area contributed by atoms with Crippen LogP contribution in [0.1, 0.15) is 30.9 Å². The molecule has 128 valence electrons. The van der Waals surface area contributed by atoms with Gasteiger partial charge in [0.15, 0.2) is 0 Å². The van der Waals surface area contributed by atoms with Gasteiger partial charge in [-0.05, 0) is 44.0 Å². The molecule has 4 nitrogen and oxygen atoms in total. The summed E-state index contributed by atoms with van der Waals surface area (Å²) in [6.45, 7) is 5.32. The number of nitrogens with one attached hydrogen (secondary N) is 1. The second-order valence-electron chi connectivity index (χ2n) is 6.96. The van der Waals surface area contributed by atoms with Crippen molar-refractivity contribution in [3.05, 3.63) is 70.1 Å². The van der Waals surface area contributed by atoms with Crippen LogP contribution in [0, 0.1) is 0 Å². The van der Waals surface area contributed by atoms with E-state index in [0.717, 1.165) is 25.2 Å². The Balaban J connectivity index is 1.55. The molecule has 2 atom stereocenters. The monoisotopic (exact) mass is 325 g/mol. The van der Waals surface area contributed by atoms with Gasteiger partial charge in [-0.3, -0.25) is 14.6 Å². The number of aromatic nitrogens is 1. The molecule has 1 saturated heterocycles. The van der Waals surface area contributed by atoms with Crippen LogP contribution in [0.3, 0.4) is 0 Å². The number of piperidine rings is 1. The molecule has 24 heavy (non-hydrogen) atoms. The van der Waals surface area contributed by atoms with E-state index in [1.807, 2.05) is 6.07 Å². The zero-order valence-corrected chi connectivity index (χ0v) is 14.6. The summed E-state index contributed by atoms with van der Waals surface area (Å²) >= 11 is 0. The molecule has 0 radical (unpaired) electrons. The lowest BCUT2D eigenvalue weighted by atomic mass is 9.96. The number of rotatable bonds is 5. The van der Waals surface area contributed by atoms with Gasteiger partial charge in [0.2, 0.25) is 5.56 Å². The van der Waals surface area contributed by atoms with Gasteiger partial charge in [0.1, 0.15) is 0 Å². The highest BCUT2D eigenvalue weighted by atomic mass is 16.1. The van der Waals surface area contributed by atoms with E-state index in [0.29, 0.717) is 12.1 Å². The van der Waals surface area contributed by atoms with Crippen LogP contribution in [-0.4, -0.2) is 40.5 Å². The van der Waals surface area contributed by atoms with Crippen LogP contribution < -0.4 is 5.56 Å². The molecular formula is C20H27N3O. The van der Waals surface area contributed by atoms with Crippen LogP contribution in [0.5, 0.6) is 0 Å². The summed E-state index contributed by atoms with van der Waals surface area (Å²) in [6, 6.07) is 15.6. The summed E-state index contributed by atoms with van der Waals surface area (Å²) in [6.07, 6.45) is 4.08. The minimum atomic E-state index is -0.0213. The van der Waals surface area contributed by atoms with E-state index in [2.05, 4.69) is 59.1 Å². The molecule has 1 aromatic carbocycles. The highest BCUT2D eigenvalue weighted by Crippen LogP contribution is 2.23. The highest BCUT2D eigenvalue weighted by Gasteiger charge is 2.27. The molecule has 1 N–H and O–H groups in total. The Morgan fingerprint density at radius 2 is 2.00 bits per heavy atom. The zero-order chi connectivity index (χ0) is 16.9. The number of nitrogens with zero attached hydrogens (tertiary/aromatic N) is 2. The van der Waals surface area contributed by atoms with Crippen LogP contribution in [-0.2, 0) is 13.1 Å². The van der Waals surface area contributed by atoms with Crippen molar-refractivity contribution >= 4 is 0 Å². The summed E-state index contributed by atoms with van der Waals surface area (Å²) < 4.78 is 0. The van der Waals surface area contributed by atoms with E-state index in [-0.39, 0.29) is 5.56 Å². The fourth-order valence-corrected chi connectivity index (χ4v) is 3.65. The molecule has 0 amide bonds. The molecule has 1 fully saturated rings. The third-order valence-electron chi connectivity index (χ3n) is 5.11. The zero-order valence-electron chi connectivity index (χ0n) is 14.6. The number of benzene rings is 1. The number of pyridine rings is 1. The number of hydrogen-bond donors (Lipinski definition) is 1. The van der Waals surface area contributed by atoms with Gasteiger partial charge in [-0.1, -0.05) is 30.3 Å². The molecule has 4 heteroatoms. The van der Waals surface area contributed by atoms with Crippen molar-refractivity contribution in [1.29, 1.82) is 0 Å². The van der Waals surface area contributed by atoms with Gasteiger partial charge in [0.05, 0.1) is 0 Å². The summed E-state index contributed by atoms with van der Waals surface area (Å²) in [5.74, 6) is 0. The Bertz CT molecular complexity index is 697. The average molecular weight is 325 g/mol. The molecular weight excluding hydrogens is 298 g/mol. The largest absolute Gasteiger partial charge is 0.329 e. The van der Waals surface area contributed by atoms with Crippen molar-refractivity contribution in [2.24, 2.45) is 0 Å². The molecule has 2 heterocycles. The Morgan fingerprint density at radius 1 is 1.21 bits per heavy atom. The number of H-pyrrole nitrogens is 1. The minimum Gasteiger partial charge on any atom is -0.329 e. The molecule has 0 aliphatic carbocycles. The van der Waals surface area contributed by atoms with Crippen molar-refractivity contribution in [2.45, 2.75) is 44.9 Å². The first kappa shape index (κ1) is 16.9. The summed E-state index contributed by atoms with van der Waals surface area (Å²) in [5, 5.41) is 0. The standard InChI is InChI=1S/C20H27N3O/c1-16-12-19(22(2)14-18-8-10-21-20(24)13-18)9-11-23(16)15-17-6-4-3-5-7-17/h3-8,10,13,16,19H,9,11-12,14-15H2,1-2H3,(H,21,24)/t16-,19+/m1/s1. The first-order chi connectivity index (χ1) is 11.6. The van der Waals surface area contributed by atoms with Crippen molar-refractivity contribution in [3.8, 4) is 0 Å². The quantitative estimate of drug-likeness (QED) is 0.919. The molecule has 0 spiro atoms. The van der Waals surface area contributed by atoms with Crippen LogP contribution in [0.15, 0.2) is 53.5 Å². The van der Waals surface area contributed by atoms with Crippen LogP contribution in [0.2, 0.25) is 0 Å². The van der Waals surface area contributed by atoms with Gasteiger partial charge in [0, 0.05) is 44.0 Å². The van der Waals surface area contributed by atoms with Crippen molar-refractivity contribution in [3.63, 3.8) is 0 Å². The fraction of sp³-hybridized carbons (Fsp3) is 0.450. The van der Waals surface area contributed by atoms with Gasteiger partial charge < -0.3 is 4.98 Å². The summed E-state index contributed by atoms with van der Waals surface area (Å²) in [5.41, 5.74) is 2.45. The van der Waals surface area contributed by atoms with Gasteiger partial charge >= 0.3 is 0 Å². The molecule has 1 aromatic heterocycles. The second-order valence-corrected chi connectivity index (χ2v) is 6.96. The third kappa shape index (κ3) is 4.34. The van der Waals surface area contributed by atoms with Crippen LogP contribution >= 0.6 is 0 Å². The smallest absolute Gasteiger partial charge is 0.248 e. The molecule has 0 unspecified atom stereocenters. The highest BCUT2D eigenvalue weighted by molar-refractivity contribution is 5.15. The lowest BCUT2D eigenvalue weighted by molar-refractivity contribution is 0.0771. The van der Waals surface area contributed by atoms with Gasteiger partial charge in [-0.25, -0.2) is 0 Å². The Kier molecular flexibility index (Phi) is 5.48. The van der Waals surface area contributed by atoms with E-state index in [1.54, 1.807) is 12.3 Å². The molecule has 0 saturated carbocycles. The maximum Gasteiger partial charge on any atom is 0.248 e. The predicted octanol–water partition coefficient (Wildman–Crippen LogP) is 2.86. The van der Waals surface area contributed by atoms with Crippen molar-refractivity contribution in [1.82, 2.24) is 14.8 Å². The van der Waals surface area contributed by atoms with Crippen LogP contribution in [0.4, 0.5) is 0 Å². The number of likely N-dealkylation sites (tertiary alicyclic amines) is 1. The lowest BCUT2D eigenvalue weighted by Gasteiger charge is -2.41. The fourth-order valence-electron chi connectivity index (χ4n) is 3.65. The first-order valence-electron chi connectivity index (χ1n) is 8.77. The van der Waals surface area contributed by atoms with Crippen molar-refractivity contribution in [2.75, 3.05) is 13.6 Å². The van der Waals surface area contributed by atoms with Gasteiger partial charge in [-0.2, -0.15) is 0 Å². The maximum absolute atomic E-state index is 11.4. The topological polar surface area (TPSA) is 39.3 Å². The van der Waals surface area contributed by atoms with E-state index in [1.165, 1.54) is 18.4 Å². The SMILES string of the molecule is C[C@@H]1C[C@@H](N(C)Cc2cc[nH]c(=O)c2)CCN1Cc1ccccc1. The molecule has 1 aliphatic rings. The molecule has 1 aliphatic heterocycles. The average Bonchev–Trinajstić information content (AvgIpc) is 2.57. The Hall–Kier alpha value is -1.91. The lowest BCUT2D eigenvalue weighted by Crippen LogP contribution is -2.47. The van der Waals surface area contributed by atoms with Crippen LogP contribution in [0.25, 0.3) is 0 Å². The summed E-state index contributed by atoms with van der Waals surface area (Å²) in [7, 11) is 2.17. The van der Waals surface area contributed by atoms with E-state index >= 15 is 0 Å². The van der Waals surface area contributed by atoms with E-state index in [4.69, 9.17) is 0 Å². The van der Waals surface area contributed by atoms with Gasteiger partial charge in [0.25, 0.3) is 0 Å². The molecule has 2 aromatic rings. The maximum atomic E-state index is 11.4. The minimum absolute atomic E-state index is 0.0213. The Morgan fingerprint density at radius 3 is 2.71 bits per heavy atom. The number of aromatic amines is 1.